The molecule has 0 atom stereocenters. The zero-order chi connectivity index (χ0) is 25.5. The van der Waals surface area contributed by atoms with Crippen LogP contribution in [0.2, 0.25) is 0 Å². The van der Waals surface area contributed by atoms with Gasteiger partial charge in [-0.3, -0.25) is 9.59 Å². The lowest BCUT2D eigenvalue weighted by molar-refractivity contribution is 0.0999. The van der Waals surface area contributed by atoms with Crippen molar-refractivity contribution in [2.24, 2.45) is 5.73 Å². The molecule has 0 saturated carbocycles. The molecule has 3 N–H and O–H groups in total. The van der Waals surface area contributed by atoms with Crippen molar-refractivity contribution in [3.8, 4) is 5.69 Å². The fourth-order valence-corrected chi connectivity index (χ4v) is 5.56. The second-order valence-corrected chi connectivity index (χ2v) is 10.2. The van der Waals surface area contributed by atoms with Gasteiger partial charge in [-0.1, -0.05) is 18.2 Å². The number of likely N-dealkylation sites (tertiary alicyclic amines) is 1. The molecule has 0 spiro atoms. The Balaban J connectivity index is 1.36. The molecule has 37 heavy (non-hydrogen) atoms. The van der Waals surface area contributed by atoms with Crippen molar-refractivity contribution in [3.05, 3.63) is 87.3 Å². The maximum absolute atomic E-state index is 13.0. The monoisotopic (exact) mass is 494 g/mol. The number of nitrogens with one attached hydrogen (secondary N) is 1. The Morgan fingerprint density at radius 1 is 1.05 bits per heavy atom. The Morgan fingerprint density at radius 2 is 1.81 bits per heavy atom. The van der Waals surface area contributed by atoms with E-state index in [-0.39, 0.29) is 10.9 Å². The largest absolute Gasteiger partial charge is 0.365 e. The number of nitrogens with two attached hydrogens (primary N) is 1. The summed E-state index contributed by atoms with van der Waals surface area (Å²) in [5.41, 5.74) is 11.1. The number of primary amides is 1. The number of anilines is 2. The van der Waals surface area contributed by atoms with E-state index in [1.807, 2.05) is 18.2 Å². The van der Waals surface area contributed by atoms with Crippen molar-refractivity contribution >= 4 is 28.6 Å². The van der Waals surface area contributed by atoms with Gasteiger partial charge in [0.05, 0.1) is 5.39 Å². The third-order valence-electron chi connectivity index (χ3n) is 7.73. The van der Waals surface area contributed by atoms with E-state index in [4.69, 9.17) is 10.7 Å². The van der Waals surface area contributed by atoms with Crippen LogP contribution in [0.25, 0.3) is 16.7 Å². The van der Waals surface area contributed by atoms with E-state index in [9.17, 15) is 9.59 Å². The number of hydrogen-bond acceptors (Lipinski definition) is 6. The minimum absolute atomic E-state index is 0.0817. The zero-order valence-electron chi connectivity index (χ0n) is 20.9. The highest BCUT2D eigenvalue weighted by atomic mass is 16.2. The smallest absolute Gasteiger partial charge is 0.254 e. The molecular formula is C29H30N6O2. The average molecular weight is 495 g/mol. The highest BCUT2D eigenvalue weighted by Crippen LogP contribution is 2.29. The number of carbonyl (C=O) groups excluding carboxylic acids is 1. The van der Waals surface area contributed by atoms with Crippen LogP contribution in [0.15, 0.2) is 59.7 Å². The molecule has 0 radical (unpaired) electrons. The summed E-state index contributed by atoms with van der Waals surface area (Å²) in [4.78, 5) is 36.5. The first-order chi connectivity index (χ1) is 18.0. The van der Waals surface area contributed by atoms with Crippen LogP contribution in [0.4, 0.5) is 11.6 Å². The summed E-state index contributed by atoms with van der Waals surface area (Å²) in [6, 6.07) is 14.6. The van der Waals surface area contributed by atoms with Crippen LogP contribution in [0, 0.1) is 0 Å². The maximum Gasteiger partial charge on any atom is 0.254 e. The first-order valence-corrected chi connectivity index (χ1v) is 12.9. The van der Waals surface area contributed by atoms with Gasteiger partial charge in [0.2, 0.25) is 11.4 Å². The SMILES string of the molecule is CN1CCC(c2ccc(Nc3ncc4c(=O)c(C(N)=O)cn(-c5ccc6c(c5)CCC6)c4n3)cc2)CC1. The lowest BCUT2D eigenvalue weighted by Gasteiger charge is -2.29. The van der Waals surface area contributed by atoms with E-state index >= 15 is 0 Å². The summed E-state index contributed by atoms with van der Waals surface area (Å²) < 4.78 is 1.77. The Kier molecular flexibility index (Phi) is 5.96. The minimum atomic E-state index is -0.770. The van der Waals surface area contributed by atoms with Gasteiger partial charge in [-0.05, 0) is 99.1 Å². The van der Waals surface area contributed by atoms with Gasteiger partial charge >= 0.3 is 0 Å². The molecule has 0 bridgehead atoms. The number of nitrogens with zero attached hydrogens (tertiary/aromatic N) is 4. The normalized spacial score (nSPS) is 16.1. The van der Waals surface area contributed by atoms with Gasteiger partial charge in [-0.2, -0.15) is 4.98 Å². The average Bonchev–Trinajstić information content (AvgIpc) is 3.38. The van der Waals surface area contributed by atoms with E-state index in [0.717, 1.165) is 43.7 Å². The molecule has 4 aromatic rings. The van der Waals surface area contributed by atoms with Crippen LogP contribution in [0.5, 0.6) is 0 Å². The van der Waals surface area contributed by atoms with Crippen molar-refractivity contribution in [1.82, 2.24) is 19.4 Å². The predicted molar refractivity (Wildman–Crippen MR) is 145 cm³/mol. The van der Waals surface area contributed by atoms with Gasteiger partial charge in [-0.25, -0.2) is 4.98 Å². The molecule has 1 aliphatic heterocycles. The fraction of sp³-hybridized carbons (Fsp3) is 0.310. The van der Waals surface area contributed by atoms with Crippen molar-refractivity contribution < 1.29 is 4.79 Å². The molecule has 6 rings (SSSR count). The van der Waals surface area contributed by atoms with E-state index in [2.05, 4.69) is 46.5 Å². The maximum atomic E-state index is 13.0. The van der Waals surface area contributed by atoms with Crippen LogP contribution in [-0.2, 0) is 12.8 Å². The first-order valence-electron chi connectivity index (χ1n) is 12.9. The summed E-state index contributed by atoms with van der Waals surface area (Å²) in [5.74, 6) is 0.192. The van der Waals surface area contributed by atoms with Crippen molar-refractivity contribution in [1.29, 1.82) is 0 Å². The highest BCUT2D eigenvalue weighted by Gasteiger charge is 2.20. The Hall–Kier alpha value is -4.04. The van der Waals surface area contributed by atoms with E-state index in [0.29, 0.717) is 17.5 Å². The van der Waals surface area contributed by atoms with Crippen LogP contribution in [0.1, 0.15) is 52.2 Å². The van der Waals surface area contributed by atoms with Crippen molar-refractivity contribution in [2.45, 2.75) is 38.0 Å². The molecule has 0 unspecified atom stereocenters. The summed E-state index contributed by atoms with van der Waals surface area (Å²) in [5, 5.41) is 3.52. The standard InChI is InChI=1S/C29H30N6O2/c1-34-13-11-20(12-14-34)19-5-8-22(9-6-19)32-29-31-16-24-26(36)25(27(30)37)17-35(28(24)33-29)23-10-7-18-3-2-4-21(18)15-23/h5-10,15-17,20H,2-4,11-14H2,1H3,(H2,30,37)(H,31,32,33). The molecule has 1 fully saturated rings. The summed E-state index contributed by atoms with van der Waals surface area (Å²) in [6.07, 6.45) is 8.52. The van der Waals surface area contributed by atoms with E-state index < -0.39 is 11.3 Å². The van der Waals surface area contributed by atoms with Gasteiger partial charge in [0, 0.05) is 23.8 Å². The highest BCUT2D eigenvalue weighted by molar-refractivity contribution is 5.96. The van der Waals surface area contributed by atoms with Crippen LogP contribution < -0.4 is 16.5 Å². The third-order valence-corrected chi connectivity index (χ3v) is 7.73. The molecule has 1 saturated heterocycles. The Labute approximate surface area is 215 Å². The molecule has 1 amide bonds. The van der Waals surface area contributed by atoms with Crippen LogP contribution in [-0.4, -0.2) is 45.5 Å². The van der Waals surface area contributed by atoms with Gasteiger partial charge in [0.1, 0.15) is 5.56 Å². The summed E-state index contributed by atoms with van der Waals surface area (Å²) >= 11 is 0. The molecular weight excluding hydrogens is 464 g/mol. The molecule has 8 nitrogen and oxygen atoms in total. The molecule has 188 valence electrons. The molecule has 8 heteroatoms. The minimum Gasteiger partial charge on any atom is -0.365 e. The quantitative estimate of drug-likeness (QED) is 0.436. The number of hydrogen-bond donors (Lipinski definition) is 2. The molecule has 2 aliphatic rings. The van der Waals surface area contributed by atoms with Gasteiger partial charge in [0.15, 0.2) is 5.65 Å². The fourth-order valence-electron chi connectivity index (χ4n) is 5.56. The number of carbonyl (C=O) groups is 1. The zero-order valence-corrected chi connectivity index (χ0v) is 20.9. The topological polar surface area (TPSA) is 106 Å². The molecule has 3 heterocycles. The molecule has 2 aromatic carbocycles. The number of fused-ring (bicyclic) bond motifs is 2. The lowest BCUT2D eigenvalue weighted by atomic mass is 9.89. The van der Waals surface area contributed by atoms with Gasteiger partial charge in [0.25, 0.3) is 5.91 Å². The van der Waals surface area contributed by atoms with Crippen LogP contribution in [0.3, 0.4) is 0 Å². The number of aryl methyl sites for hydroxylation is 2. The predicted octanol–water partition coefficient (Wildman–Crippen LogP) is 3.92. The van der Waals surface area contributed by atoms with Crippen molar-refractivity contribution in [3.63, 3.8) is 0 Å². The molecule has 1 aliphatic carbocycles. The number of rotatable bonds is 5. The van der Waals surface area contributed by atoms with Crippen molar-refractivity contribution in [2.75, 3.05) is 25.5 Å². The Morgan fingerprint density at radius 3 is 2.57 bits per heavy atom. The number of pyridine rings is 1. The summed E-state index contributed by atoms with van der Waals surface area (Å²) in [6.45, 7) is 2.25. The van der Waals surface area contributed by atoms with Gasteiger partial charge < -0.3 is 20.5 Å². The third kappa shape index (κ3) is 4.49. The summed E-state index contributed by atoms with van der Waals surface area (Å²) in [7, 11) is 2.17. The number of amides is 1. The second kappa shape index (κ2) is 9.44. The van der Waals surface area contributed by atoms with Gasteiger partial charge in [-0.15, -0.1) is 0 Å². The van der Waals surface area contributed by atoms with E-state index in [1.54, 1.807) is 4.57 Å². The number of aromatic nitrogens is 3. The second-order valence-electron chi connectivity index (χ2n) is 10.2. The first kappa shape index (κ1) is 23.4. The van der Waals surface area contributed by atoms with E-state index in [1.165, 1.54) is 41.9 Å². The van der Waals surface area contributed by atoms with Crippen LogP contribution >= 0.6 is 0 Å². The molecule has 2 aromatic heterocycles. The number of benzene rings is 2. The number of piperidine rings is 1. The lowest BCUT2D eigenvalue weighted by Crippen LogP contribution is -2.29. The Bertz CT molecular complexity index is 1550.